The zero-order valence-electron chi connectivity index (χ0n) is 12.3. The summed E-state index contributed by atoms with van der Waals surface area (Å²) < 4.78 is 0. The minimum Gasteiger partial charge on any atom is -0.494 e. The number of H-pyrrole nitrogens is 1. The highest BCUT2D eigenvalue weighted by molar-refractivity contribution is 5.89. The summed E-state index contributed by atoms with van der Waals surface area (Å²) >= 11 is 0. The smallest absolute Gasteiger partial charge is 0.258 e. The molecule has 3 aromatic rings. The summed E-state index contributed by atoms with van der Waals surface area (Å²) in [5, 5.41) is 12.0. The van der Waals surface area contributed by atoms with E-state index < -0.39 is 0 Å². The Hall–Kier alpha value is -3.14. The molecule has 0 saturated heterocycles. The van der Waals surface area contributed by atoms with Gasteiger partial charge in [0.25, 0.3) is 5.56 Å². The van der Waals surface area contributed by atoms with E-state index in [1.54, 1.807) is 12.3 Å². The van der Waals surface area contributed by atoms with Gasteiger partial charge in [0.1, 0.15) is 0 Å². The number of pyridine rings is 2. The molecule has 0 atom stereocenters. The van der Waals surface area contributed by atoms with Crippen molar-refractivity contribution in [1.82, 2.24) is 9.97 Å². The molecule has 2 heterocycles. The molecule has 4 nitrogen and oxygen atoms in total. The molecule has 0 radical (unpaired) electrons. The minimum atomic E-state index is -0.260. The number of aromatic nitrogens is 2. The molecule has 1 aromatic carbocycles. The molecule has 112 valence electrons. The Labute approximate surface area is 131 Å². The molecule has 2 N–H and O–H groups in total. The quantitative estimate of drug-likeness (QED) is 0.719. The maximum Gasteiger partial charge on any atom is 0.258 e. The van der Waals surface area contributed by atoms with Crippen molar-refractivity contribution in [3.63, 3.8) is 0 Å². The van der Waals surface area contributed by atoms with Crippen molar-refractivity contribution in [2.75, 3.05) is 0 Å². The molecule has 0 unspecified atom stereocenters. The molecule has 0 bridgehead atoms. The second-order valence-corrected chi connectivity index (χ2v) is 5.54. The summed E-state index contributed by atoms with van der Waals surface area (Å²) in [6.45, 7) is 0. The van der Waals surface area contributed by atoms with Crippen LogP contribution in [0.3, 0.4) is 0 Å². The number of hydrogen-bond donors (Lipinski definition) is 2. The van der Waals surface area contributed by atoms with Crippen LogP contribution in [0.1, 0.15) is 12.0 Å². The van der Waals surface area contributed by atoms with Crippen LogP contribution in [0.15, 0.2) is 53.0 Å². The average molecular weight is 302 g/mol. The molecular weight excluding hydrogens is 288 g/mol. The second-order valence-electron chi connectivity index (χ2n) is 5.54. The molecular formula is C19H14N2O2. The van der Waals surface area contributed by atoms with Gasteiger partial charge in [0.2, 0.25) is 0 Å². The molecule has 0 amide bonds. The Morgan fingerprint density at radius 2 is 2.13 bits per heavy atom. The first kappa shape index (κ1) is 13.5. The summed E-state index contributed by atoms with van der Waals surface area (Å²) in [5.41, 5.74) is 2.87. The predicted molar refractivity (Wildman–Crippen MR) is 91.2 cm³/mol. The van der Waals surface area contributed by atoms with Crippen LogP contribution in [0.5, 0.6) is 5.88 Å². The SMILES string of the molecule is O=c1[nH]c(O)cc2c1=CCC(=Cc1cccc3ncccc13)C=2. The lowest BCUT2D eigenvalue weighted by molar-refractivity contribution is 0.450. The highest BCUT2D eigenvalue weighted by Crippen LogP contribution is 2.21. The number of benzene rings is 1. The number of allylic oxidation sites excluding steroid dienone is 1. The Balaban J connectivity index is 1.89. The Morgan fingerprint density at radius 1 is 1.22 bits per heavy atom. The third-order valence-corrected chi connectivity index (χ3v) is 3.99. The van der Waals surface area contributed by atoms with Gasteiger partial charge < -0.3 is 5.11 Å². The van der Waals surface area contributed by atoms with Gasteiger partial charge in [0, 0.05) is 22.9 Å². The lowest BCUT2D eigenvalue weighted by atomic mass is 9.99. The molecule has 1 aliphatic rings. The van der Waals surface area contributed by atoms with Crippen LogP contribution in [0, 0.1) is 0 Å². The lowest BCUT2D eigenvalue weighted by Gasteiger charge is -2.07. The maximum absolute atomic E-state index is 11.8. The van der Waals surface area contributed by atoms with Gasteiger partial charge in [-0.05, 0) is 34.9 Å². The van der Waals surface area contributed by atoms with Crippen LogP contribution < -0.4 is 16.0 Å². The fourth-order valence-electron chi connectivity index (χ4n) is 2.94. The zero-order chi connectivity index (χ0) is 15.8. The first-order valence-electron chi connectivity index (χ1n) is 7.39. The molecule has 4 rings (SSSR count). The summed E-state index contributed by atoms with van der Waals surface area (Å²) in [7, 11) is 0. The molecule has 0 aliphatic heterocycles. The molecule has 23 heavy (non-hydrogen) atoms. The summed E-state index contributed by atoms with van der Waals surface area (Å²) in [6, 6.07) is 11.6. The van der Waals surface area contributed by atoms with E-state index in [4.69, 9.17) is 0 Å². The van der Waals surface area contributed by atoms with E-state index in [1.807, 2.05) is 36.4 Å². The predicted octanol–water partition coefficient (Wildman–Crippen LogP) is 1.68. The van der Waals surface area contributed by atoms with E-state index >= 15 is 0 Å². The van der Waals surface area contributed by atoms with E-state index in [1.165, 1.54) is 0 Å². The number of aromatic amines is 1. The number of aromatic hydroxyl groups is 1. The van der Waals surface area contributed by atoms with Gasteiger partial charge in [-0.3, -0.25) is 14.8 Å². The van der Waals surface area contributed by atoms with E-state index in [0.29, 0.717) is 11.6 Å². The van der Waals surface area contributed by atoms with E-state index in [0.717, 1.165) is 27.3 Å². The molecule has 1 aliphatic carbocycles. The summed E-state index contributed by atoms with van der Waals surface area (Å²) in [4.78, 5) is 18.6. The van der Waals surface area contributed by atoms with Crippen molar-refractivity contribution < 1.29 is 5.11 Å². The fourth-order valence-corrected chi connectivity index (χ4v) is 2.94. The Kier molecular flexibility index (Phi) is 3.08. The van der Waals surface area contributed by atoms with E-state index in [2.05, 4.69) is 22.1 Å². The second kappa shape index (κ2) is 5.25. The van der Waals surface area contributed by atoms with Gasteiger partial charge in [-0.15, -0.1) is 0 Å². The Bertz CT molecular complexity index is 1120. The van der Waals surface area contributed by atoms with Gasteiger partial charge in [0.15, 0.2) is 5.88 Å². The Morgan fingerprint density at radius 3 is 3.04 bits per heavy atom. The summed E-state index contributed by atoms with van der Waals surface area (Å²) in [5.74, 6) is -0.117. The van der Waals surface area contributed by atoms with Gasteiger partial charge in [-0.2, -0.15) is 0 Å². The van der Waals surface area contributed by atoms with Gasteiger partial charge in [0.05, 0.1) is 5.52 Å². The van der Waals surface area contributed by atoms with Gasteiger partial charge in [-0.25, -0.2) is 0 Å². The summed E-state index contributed by atoms with van der Waals surface area (Å²) in [6.07, 6.45) is 8.40. The zero-order valence-corrected chi connectivity index (χ0v) is 12.3. The minimum absolute atomic E-state index is 0.117. The standard InChI is InChI=1S/C19H14N2O2/c22-18-11-14-10-12(6-7-16(14)19(23)21-18)9-13-3-1-5-17-15(13)4-2-8-20-17/h1-5,7-11,22H,6H2,(H,21,23). The number of nitrogens with one attached hydrogen (secondary N) is 1. The van der Waals surface area contributed by atoms with Crippen molar-refractivity contribution in [3.8, 4) is 5.88 Å². The molecule has 0 fully saturated rings. The van der Waals surface area contributed by atoms with Crippen LogP contribution in [-0.4, -0.2) is 15.1 Å². The van der Waals surface area contributed by atoms with Crippen LogP contribution in [-0.2, 0) is 0 Å². The molecule has 0 saturated carbocycles. The topological polar surface area (TPSA) is 66.0 Å². The first-order chi connectivity index (χ1) is 11.2. The highest BCUT2D eigenvalue weighted by Gasteiger charge is 2.05. The average Bonchev–Trinajstić information content (AvgIpc) is 2.55. The number of hydrogen-bond acceptors (Lipinski definition) is 3. The monoisotopic (exact) mass is 302 g/mol. The highest BCUT2D eigenvalue weighted by atomic mass is 16.3. The van der Waals surface area contributed by atoms with Crippen molar-refractivity contribution in [3.05, 3.63) is 74.5 Å². The van der Waals surface area contributed by atoms with Crippen molar-refractivity contribution in [2.24, 2.45) is 0 Å². The molecule has 4 heteroatoms. The van der Waals surface area contributed by atoms with E-state index in [9.17, 15) is 9.90 Å². The van der Waals surface area contributed by atoms with Crippen molar-refractivity contribution >= 4 is 29.1 Å². The van der Waals surface area contributed by atoms with Crippen LogP contribution in [0.25, 0.3) is 29.1 Å². The number of fused-ring (bicyclic) bond motifs is 2. The lowest BCUT2D eigenvalue weighted by Crippen LogP contribution is -2.41. The van der Waals surface area contributed by atoms with Crippen molar-refractivity contribution in [1.29, 1.82) is 0 Å². The first-order valence-corrected chi connectivity index (χ1v) is 7.39. The van der Waals surface area contributed by atoms with Crippen LogP contribution in [0.4, 0.5) is 0 Å². The molecule has 2 aromatic heterocycles. The van der Waals surface area contributed by atoms with Crippen molar-refractivity contribution in [2.45, 2.75) is 6.42 Å². The van der Waals surface area contributed by atoms with Gasteiger partial charge in [-0.1, -0.05) is 36.4 Å². The van der Waals surface area contributed by atoms with Crippen LogP contribution >= 0.6 is 0 Å². The van der Waals surface area contributed by atoms with Crippen LogP contribution in [0.2, 0.25) is 0 Å². The number of nitrogens with zero attached hydrogens (tertiary/aromatic N) is 1. The van der Waals surface area contributed by atoms with Gasteiger partial charge >= 0.3 is 0 Å². The third kappa shape index (κ3) is 2.44. The normalized spacial score (nSPS) is 15.0. The maximum atomic E-state index is 11.8. The number of rotatable bonds is 1. The largest absolute Gasteiger partial charge is 0.494 e. The van der Waals surface area contributed by atoms with E-state index in [-0.39, 0.29) is 11.4 Å². The fraction of sp³-hybridized carbons (Fsp3) is 0.0526. The third-order valence-electron chi connectivity index (χ3n) is 3.99. The molecule has 0 spiro atoms.